The molecule has 1 amide bonds. The average Bonchev–Trinajstić information content (AvgIpc) is 3.52. The van der Waals surface area contributed by atoms with Crippen LogP contribution in [0.2, 0.25) is 0 Å². The molecule has 186 valence electrons. The van der Waals surface area contributed by atoms with E-state index in [0.29, 0.717) is 5.56 Å². The van der Waals surface area contributed by atoms with Crippen molar-refractivity contribution < 1.29 is 27.4 Å². The second kappa shape index (κ2) is 8.86. The molecule has 2 aromatic heterocycles. The largest absolute Gasteiger partial charge is 0.468 e. The molecule has 0 bridgehead atoms. The molecular formula is C26H28F3N3O3. The summed E-state index contributed by atoms with van der Waals surface area (Å²) in [4.78, 5) is 16.8. The Morgan fingerprint density at radius 1 is 1.29 bits per heavy atom. The molecule has 1 saturated carbocycles. The summed E-state index contributed by atoms with van der Waals surface area (Å²) >= 11 is 0. The van der Waals surface area contributed by atoms with Crippen molar-refractivity contribution in [3.05, 3.63) is 59.9 Å². The first-order valence-electron chi connectivity index (χ1n) is 11.7. The van der Waals surface area contributed by atoms with E-state index in [4.69, 9.17) is 4.74 Å². The van der Waals surface area contributed by atoms with Crippen LogP contribution in [0.25, 0.3) is 10.9 Å². The number of carbonyl (C=O) groups excluding carboxylic acids is 1. The lowest BCUT2D eigenvalue weighted by Crippen LogP contribution is -2.42. The molecule has 35 heavy (non-hydrogen) atoms. The fourth-order valence-electron chi connectivity index (χ4n) is 4.67. The second-order valence-electron chi connectivity index (χ2n) is 10.1. The predicted molar refractivity (Wildman–Crippen MR) is 124 cm³/mol. The molecule has 6 nitrogen and oxygen atoms in total. The van der Waals surface area contributed by atoms with Crippen molar-refractivity contribution in [2.75, 3.05) is 19.8 Å². The maximum atomic E-state index is 12.9. The molecule has 2 fully saturated rings. The first-order valence-corrected chi connectivity index (χ1v) is 11.7. The van der Waals surface area contributed by atoms with Crippen LogP contribution in [0.3, 0.4) is 0 Å². The van der Waals surface area contributed by atoms with Gasteiger partial charge in [0.25, 0.3) is 0 Å². The number of ether oxygens (including phenoxy) is 2. The standard InChI is InChI=1S/C26H28F3N3O3/c1-16(19-5-6-23(30-11-19)35-15-26(27,28)29)31-24(33)21-10-20(21)18-4-3-17-7-8-32(22(17)9-18)12-25(2)13-34-14-25/h3-9,11,16,20-21H,10,12-15H2,1-2H3,(H,31,33)/t16?,20-,21+/m0/s1. The lowest BCUT2D eigenvalue weighted by atomic mass is 9.88. The number of benzene rings is 1. The highest BCUT2D eigenvalue weighted by molar-refractivity contribution is 5.85. The Morgan fingerprint density at radius 2 is 2.09 bits per heavy atom. The average molecular weight is 488 g/mol. The molecule has 1 aliphatic heterocycles. The summed E-state index contributed by atoms with van der Waals surface area (Å²) in [6.45, 7) is 5.11. The molecule has 1 aliphatic carbocycles. The summed E-state index contributed by atoms with van der Waals surface area (Å²) in [5.41, 5.74) is 3.20. The van der Waals surface area contributed by atoms with Crippen LogP contribution >= 0.6 is 0 Å². The summed E-state index contributed by atoms with van der Waals surface area (Å²) in [6.07, 6.45) is -0.0837. The SMILES string of the molecule is CC(NC(=O)[C@@H]1C[C@H]1c1ccc2ccn(CC3(C)COC3)c2c1)c1ccc(OCC(F)(F)F)nc1. The molecule has 1 N–H and O–H groups in total. The van der Waals surface area contributed by atoms with Gasteiger partial charge in [0.1, 0.15) is 0 Å². The van der Waals surface area contributed by atoms with E-state index in [0.717, 1.165) is 31.7 Å². The van der Waals surface area contributed by atoms with Gasteiger partial charge in [-0.1, -0.05) is 25.1 Å². The van der Waals surface area contributed by atoms with Crippen molar-refractivity contribution in [1.82, 2.24) is 14.9 Å². The zero-order chi connectivity index (χ0) is 24.8. The van der Waals surface area contributed by atoms with Crippen LogP contribution in [0.5, 0.6) is 5.88 Å². The normalized spacial score (nSPS) is 21.9. The molecule has 0 radical (unpaired) electrons. The Morgan fingerprint density at radius 3 is 2.74 bits per heavy atom. The van der Waals surface area contributed by atoms with E-state index in [9.17, 15) is 18.0 Å². The van der Waals surface area contributed by atoms with Crippen LogP contribution < -0.4 is 10.1 Å². The lowest BCUT2D eigenvalue weighted by molar-refractivity contribution is -0.154. The first kappa shape index (κ1) is 23.7. The number of amides is 1. The fourth-order valence-corrected chi connectivity index (χ4v) is 4.67. The molecule has 3 atom stereocenters. The molecule has 2 aliphatic rings. The third-order valence-electron chi connectivity index (χ3n) is 6.81. The number of halogens is 3. The molecule has 1 saturated heterocycles. The minimum atomic E-state index is -4.42. The number of rotatable bonds is 8. The Kier molecular flexibility index (Phi) is 5.99. The maximum absolute atomic E-state index is 12.9. The molecule has 3 heterocycles. The third kappa shape index (κ3) is 5.29. The number of nitrogens with one attached hydrogen (secondary N) is 1. The summed E-state index contributed by atoms with van der Waals surface area (Å²) in [5.74, 6) is -0.0626. The van der Waals surface area contributed by atoms with Crippen LogP contribution in [0, 0.1) is 11.3 Å². The van der Waals surface area contributed by atoms with E-state index >= 15 is 0 Å². The number of aromatic nitrogens is 2. The van der Waals surface area contributed by atoms with Crippen LogP contribution in [0.15, 0.2) is 48.8 Å². The van der Waals surface area contributed by atoms with E-state index in [1.807, 2.05) is 6.92 Å². The van der Waals surface area contributed by atoms with Crippen LogP contribution in [-0.4, -0.2) is 41.5 Å². The summed E-state index contributed by atoms with van der Waals surface area (Å²) in [7, 11) is 0. The van der Waals surface area contributed by atoms with Crippen molar-refractivity contribution in [3.8, 4) is 5.88 Å². The maximum Gasteiger partial charge on any atom is 0.422 e. The predicted octanol–water partition coefficient (Wildman–Crippen LogP) is 4.99. The monoisotopic (exact) mass is 487 g/mol. The highest BCUT2D eigenvalue weighted by atomic mass is 19.4. The van der Waals surface area contributed by atoms with Gasteiger partial charge >= 0.3 is 6.18 Å². The number of fused-ring (bicyclic) bond motifs is 1. The number of nitrogens with zero attached hydrogens (tertiary/aromatic N) is 2. The van der Waals surface area contributed by atoms with Crippen molar-refractivity contribution in [2.45, 2.75) is 44.9 Å². The van der Waals surface area contributed by atoms with Crippen LogP contribution in [0.4, 0.5) is 13.2 Å². The number of carbonyl (C=O) groups is 1. The number of pyridine rings is 1. The van der Waals surface area contributed by atoms with Crippen molar-refractivity contribution in [3.63, 3.8) is 0 Å². The van der Waals surface area contributed by atoms with E-state index < -0.39 is 12.8 Å². The summed E-state index contributed by atoms with van der Waals surface area (Å²) < 4.78 is 49.2. The fraction of sp³-hybridized carbons (Fsp3) is 0.462. The lowest BCUT2D eigenvalue weighted by Gasteiger charge is -2.38. The van der Waals surface area contributed by atoms with Crippen molar-refractivity contribution >= 4 is 16.8 Å². The molecule has 9 heteroatoms. The van der Waals surface area contributed by atoms with Crippen LogP contribution in [-0.2, 0) is 16.1 Å². The highest BCUT2D eigenvalue weighted by Crippen LogP contribution is 2.48. The topological polar surface area (TPSA) is 65.4 Å². The van der Waals surface area contributed by atoms with Crippen molar-refractivity contribution in [2.24, 2.45) is 11.3 Å². The van der Waals surface area contributed by atoms with E-state index in [1.165, 1.54) is 23.2 Å². The second-order valence-corrected chi connectivity index (χ2v) is 10.1. The Hall–Kier alpha value is -3.07. The first-order chi connectivity index (χ1) is 16.6. The Labute approximate surface area is 201 Å². The molecule has 5 rings (SSSR count). The van der Waals surface area contributed by atoms with Gasteiger partial charge in [-0.3, -0.25) is 4.79 Å². The molecule has 1 aromatic carbocycles. The smallest absolute Gasteiger partial charge is 0.422 e. The Balaban J connectivity index is 1.19. The van der Waals surface area contributed by atoms with Crippen LogP contribution in [0.1, 0.15) is 43.4 Å². The third-order valence-corrected chi connectivity index (χ3v) is 6.81. The summed E-state index contributed by atoms with van der Waals surface area (Å²) in [5, 5.41) is 4.19. The number of hydrogen-bond acceptors (Lipinski definition) is 4. The van der Waals surface area contributed by atoms with Gasteiger partial charge in [-0.15, -0.1) is 0 Å². The summed E-state index contributed by atoms with van der Waals surface area (Å²) in [6, 6.07) is 11.2. The minimum absolute atomic E-state index is 0.0329. The van der Waals surface area contributed by atoms with E-state index in [2.05, 4.69) is 57.0 Å². The van der Waals surface area contributed by atoms with Gasteiger partial charge in [0.2, 0.25) is 11.8 Å². The van der Waals surface area contributed by atoms with Gasteiger partial charge in [0.05, 0.1) is 19.3 Å². The zero-order valence-corrected chi connectivity index (χ0v) is 19.6. The van der Waals surface area contributed by atoms with Gasteiger partial charge in [-0.25, -0.2) is 4.98 Å². The molecular weight excluding hydrogens is 459 g/mol. The Bertz CT molecular complexity index is 1220. The van der Waals surface area contributed by atoms with Gasteiger partial charge < -0.3 is 19.4 Å². The van der Waals surface area contributed by atoms with Gasteiger partial charge in [0.15, 0.2) is 6.61 Å². The number of hydrogen-bond donors (Lipinski definition) is 1. The minimum Gasteiger partial charge on any atom is -0.468 e. The molecule has 3 aromatic rings. The van der Waals surface area contributed by atoms with Crippen molar-refractivity contribution in [1.29, 1.82) is 0 Å². The van der Waals surface area contributed by atoms with Gasteiger partial charge in [-0.2, -0.15) is 13.2 Å². The van der Waals surface area contributed by atoms with Gasteiger partial charge in [0, 0.05) is 41.9 Å². The molecule has 1 unspecified atom stereocenters. The van der Waals surface area contributed by atoms with E-state index in [-0.39, 0.29) is 35.1 Å². The van der Waals surface area contributed by atoms with E-state index in [1.54, 1.807) is 6.07 Å². The molecule has 0 spiro atoms. The number of alkyl halides is 3. The highest BCUT2D eigenvalue weighted by Gasteiger charge is 2.44. The van der Waals surface area contributed by atoms with Gasteiger partial charge in [-0.05, 0) is 47.9 Å². The zero-order valence-electron chi connectivity index (χ0n) is 19.6. The quantitative estimate of drug-likeness (QED) is 0.486.